The standard InChI is InChI=1S/C18H23N3O2/c1-18(2,3)17(23)21-9-7-14(8-10-21)16(22)20-15-6-4-5-13(11-15)12-19/h4-6,11,14H,7-10H2,1-3H3,(H,20,22). The highest BCUT2D eigenvalue weighted by Crippen LogP contribution is 2.24. The molecule has 1 heterocycles. The lowest BCUT2D eigenvalue weighted by molar-refractivity contribution is -0.142. The number of nitrogens with one attached hydrogen (secondary N) is 1. The smallest absolute Gasteiger partial charge is 0.227 e. The maximum atomic E-state index is 12.3. The molecule has 5 nitrogen and oxygen atoms in total. The van der Waals surface area contributed by atoms with Crippen molar-refractivity contribution in [2.45, 2.75) is 33.6 Å². The van der Waals surface area contributed by atoms with Crippen LogP contribution in [-0.4, -0.2) is 29.8 Å². The minimum absolute atomic E-state index is 0.0389. The highest BCUT2D eigenvalue weighted by atomic mass is 16.2. The summed E-state index contributed by atoms with van der Waals surface area (Å²) in [5, 5.41) is 11.8. The maximum absolute atomic E-state index is 12.3. The molecule has 0 saturated carbocycles. The van der Waals surface area contributed by atoms with Gasteiger partial charge in [0.2, 0.25) is 11.8 Å². The zero-order valence-electron chi connectivity index (χ0n) is 13.9. The molecule has 1 aliphatic rings. The van der Waals surface area contributed by atoms with Crippen LogP contribution in [0.15, 0.2) is 24.3 Å². The molecule has 0 aliphatic carbocycles. The Morgan fingerprint density at radius 1 is 1.26 bits per heavy atom. The second-order valence-corrected chi connectivity index (χ2v) is 7.00. The van der Waals surface area contributed by atoms with Gasteiger partial charge in [0.25, 0.3) is 0 Å². The number of hydrogen-bond acceptors (Lipinski definition) is 3. The summed E-state index contributed by atoms with van der Waals surface area (Å²) in [6.07, 6.45) is 1.34. The molecule has 0 aromatic heterocycles. The van der Waals surface area contributed by atoms with Crippen molar-refractivity contribution >= 4 is 17.5 Å². The third kappa shape index (κ3) is 4.32. The molecule has 122 valence electrons. The van der Waals surface area contributed by atoms with Crippen molar-refractivity contribution in [3.8, 4) is 6.07 Å². The lowest BCUT2D eigenvalue weighted by Crippen LogP contribution is -2.45. The Bertz CT molecular complexity index is 632. The van der Waals surface area contributed by atoms with Gasteiger partial charge in [-0.05, 0) is 31.0 Å². The Hall–Kier alpha value is -2.35. The second kappa shape index (κ2) is 6.82. The molecular formula is C18H23N3O2. The van der Waals surface area contributed by atoms with Crippen LogP contribution < -0.4 is 5.32 Å². The highest BCUT2D eigenvalue weighted by Gasteiger charge is 2.32. The largest absolute Gasteiger partial charge is 0.342 e. The van der Waals surface area contributed by atoms with Gasteiger partial charge < -0.3 is 10.2 Å². The number of anilines is 1. The Kier molecular flexibility index (Phi) is 5.05. The first-order valence-electron chi connectivity index (χ1n) is 7.91. The molecule has 1 saturated heterocycles. The van der Waals surface area contributed by atoms with Crippen molar-refractivity contribution < 1.29 is 9.59 Å². The molecule has 5 heteroatoms. The summed E-state index contributed by atoms with van der Waals surface area (Å²) < 4.78 is 0. The van der Waals surface area contributed by atoms with Gasteiger partial charge in [0.1, 0.15) is 0 Å². The molecule has 1 N–H and O–H groups in total. The summed E-state index contributed by atoms with van der Waals surface area (Å²) in [7, 11) is 0. The fourth-order valence-electron chi connectivity index (χ4n) is 2.73. The molecule has 23 heavy (non-hydrogen) atoms. The minimum atomic E-state index is -0.382. The van der Waals surface area contributed by atoms with Gasteiger partial charge in [0.05, 0.1) is 11.6 Å². The first-order chi connectivity index (χ1) is 10.8. The molecular weight excluding hydrogens is 290 g/mol. The van der Waals surface area contributed by atoms with E-state index in [1.54, 1.807) is 24.3 Å². The number of rotatable bonds is 2. The lowest BCUT2D eigenvalue weighted by Gasteiger charge is -2.35. The molecule has 2 rings (SSSR count). The van der Waals surface area contributed by atoms with Gasteiger partial charge in [-0.25, -0.2) is 0 Å². The fraction of sp³-hybridized carbons (Fsp3) is 0.500. The first kappa shape index (κ1) is 17.0. The molecule has 1 fully saturated rings. The van der Waals surface area contributed by atoms with E-state index in [2.05, 4.69) is 11.4 Å². The molecule has 2 amide bonds. The zero-order chi connectivity index (χ0) is 17.0. The van der Waals surface area contributed by atoms with Crippen molar-refractivity contribution in [3.05, 3.63) is 29.8 Å². The average molecular weight is 313 g/mol. The number of benzene rings is 1. The van der Waals surface area contributed by atoms with E-state index >= 15 is 0 Å². The van der Waals surface area contributed by atoms with E-state index in [0.29, 0.717) is 37.2 Å². The van der Waals surface area contributed by atoms with Crippen LogP contribution in [0.2, 0.25) is 0 Å². The molecule has 0 spiro atoms. The number of carbonyl (C=O) groups is 2. The quantitative estimate of drug-likeness (QED) is 0.912. The second-order valence-electron chi connectivity index (χ2n) is 7.00. The van der Waals surface area contributed by atoms with Gasteiger partial charge in [-0.15, -0.1) is 0 Å². The van der Waals surface area contributed by atoms with E-state index in [-0.39, 0.29) is 23.1 Å². The predicted octanol–water partition coefficient (Wildman–Crippen LogP) is 2.78. The van der Waals surface area contributed by atoms with Gasteiger partial charge in [-0.3, -0.25) is 9.59 Å². The summed E-state index contributed by atoms with van der Waals surface area (Å²) in [4.78, 5) is 26.4. The summed E-state index contributed by atoms with van der Waals surface area (Å²) >= 11 is 0. The van der Waals surface area contributed by atoms with Crippen LogP contribution in [0.4, 0.5) is 5.69 Å². The number of nitriles is 1. The van der Waals surface area contributed by atoms with Crippen molar-refractivity contribution in [1.82, 2.24) is 4.90 Å². The molecule has 1 aromatic rings. The number of carbonyl (C=O) groups excluding carboxylic acids is 2. The number of piperidine rings is 1. The SMILES string of the molecule is CC(C)(C)C(=O)N1CCC(C(=O)Nc2cccc(C#N)c2)CC1. The van der Waals surface area contributed by atoms with Crippen LogP contribution in [0, 0.1) is 22.7 Å². The molecule has 0 radical (unpaired) electrons. The number of hydrogen-bond donors (Lipinski definition) is 1. The Balaban J connectivity index is 1.91. The van der Waals surface area contributed by atoms with E-state index in [1.807, 2.05) is 25.7 Å². The summed E-state index contributed by atoms with van der Waals surface area (Å²) in [5.74, 6) is 0.00536. The average Bonchev–Trinajstić information content (AvgIpc) is 2.53. The van der Waals surface area contributed by atoms with Crippen molar-refractivity contribution in [2.75, 3.05) is 18.4 Å². The van der Waals surface area contributed by atoms with Gasteiger partial charge in [0, 0.05) is 30.1 Å². The van der Waals surface area contributed by atoms with Gasteiger partial charge >= 0.3 is 0 Å². The number of amides is 2. The minimum Gasteiger partial charge on any atom is -0.342 e. The van der Waals surface area contributed by atoms with Gasteiger partial charge in [0.15, 0.2) is 0 Å². The summed E-state index contributed by atoms with van der Waals surface area (Å²) in [5.41, 5.74) is 0.781. The number of nitrogens with zero attached hydrogens (tertiary/aromatic N) is 2. The summed E-state index contributed by atoms with van der Waals surface area (Å²) in [6.45, 7) is 6.97. The highest BCUT2D eigenvalue weighted by molar-refractivity contribution is 5.93. The van der Waals surface area contributed by atoms with Crippen LogP contribution in [-0.2, 0) is 9.59 Å². The Labute approximate surface area is 137 Å². The van der Waals surface area contributed by atoms with Crippen molar-refractivity contribution in [2.24, 2.45) is 11.3 Å². The lowest BCUT2D eigenvalue weighted by atomic mass is 9.90. The Morgan fingerprint density at radius 2 is 1.91 bits per heavy atom. The zero-order valence-corrected chi connectivity index (χ0v) is 13.9. The van der Waals surface area contributed by atoms with E-state index in [0.717, 1.165) is 0 Å². The van der Waals surface area contributed by atoms with E-state index < -0.39 is 0 Å². The topological polar surface area (TPSA) is 73.2 Å². The third-order valence-electron chi connectivity index (χ3n) is 4.05. The maximum Gasteiger partial charge on any atom is 0.227 e. The molecule has 1 aliphatic heterocycles. The Morgan fingerprint density at radius 3 is 2.48 bits per heavy atom. The van der Waals surface area contributed by atoms with E-state index in [9.17, 15) is 9.59 Å². The number of likely N-dealkylation sites (tertiary alicyclic amines) is 1. The van der Waals surface area contributed by atoms with E-state index in [4.69, 9.17) is 5.26 Å². The van der Waals surface area contributed by atoms with Gasteiger partial charge in [-0.1, -0.05) is 26.8 Å². The van der Waals surface area contributed by atoms with Crippen LogP contribution in [0.1, 0.15) is 39.2 Å². The predicted molar refractivity (Wildman–Crippen MR) is 88.5 cm³/mol. The molecule has 0 atom stereocenters. The molecule has 0 unspecified atom stereocenters. The molecule has 0 bridgehead atoms. The van der Waals surface area contributed by atoms with Crippen LogP contribution in [0.25, 0.3) is 0 Å². The van der Waals surface area contributed by atoms with Crippen LogP contribution in [0.3, 0.4) is 0 Å². The monoisotopic (exact) mass is 313 g/mol. The van der Waals surface area contributed by atoms with Crippen molar-refractivity contribution in [1.29, 1.82) is 5.26 Å². The van der Waals surface area contributed by atoms with E-state index in [1.165, 1.54) is 0 Å². The molecule has 1 aromatic carbocycles. The van der Waals surface area contributed by atoms with Gasteiger partial charge in [-0.2, -0.15) is 5.26 Å². The fourth-order valence-corrected chi connectivity index (χ4v) is 2.73. The van der Waals surface area contributed by atoms with Crippen LogP contribution >= 0.6 is 0 Å². The third-order valence-corrected chi connectivity index (χ3v) is 4.05. The normalized spacial score (nSPS) is 15.8. The first-order valence-corrected chi connectivity index (χ1v) is 7.91. The summed E-state index contributed by atoms with van der Waals surface area (Å²) in [6, 6.07) is 8.94. The van der Waals surface area contributed by atoms with Crippen molar-refractivity contribution in [3.63, 3.8) is 0 Å². The van der Waals surface area contributed by atoms with Crippen LogP contribution in [0.5, 0.6) is 0 Å².